The van der Waals surface area contributed by atoms with Crippen LogP contribution in [0.5, 0.6) is 5.75 Å². The number of methoxy groups -OCH3 is 1. The van der Waals surface area contributed by atoms with Gasteiger partial charge in [0.05, 0.1) is 13.2 Å². The Kier molecular flexibility index (Phi) is 4.18. The van der Waals surface area contributed by atoms with E-state index in [0.29, 0.717) is 22.8 Å². The number of ether oxygens (including phenoxy) is 1. The first kappa shape index (κ1) is 12.9. The minimum atomic E-state index is -0.652. The highest BCUT2D eigenvalue weighted by Gasteiger charge is 2.14. The average Bonchev–Trinajstić information content (AvgIpc) is 2.40. The fraction of sp³-hybridized carbons (Fsp3) is 0.214. The molecule has 1 N–H and O–H groups in total. The molecule has 94 valence electrons. The third-order valence-electron chi connectivity index (χ3n) is 2.73. The maximum absolute atomic E-state index is 10.3. The van der Waals surface area contributed by atoms with Crippen LogP contribution in [-0.4, -0.2) is 17.2 Å². The van der Waals surface area contributed by atoms with E-state index in [1.54, 1.807) is 37.7 Å². The van der Waals surface area contributed by atoms with Crippen LogP contribution in [0, 0.1) is 0 Å². The Morgan fingerprint density at radius 1 is 1.28 bits per heavy atom. The summed E-state index contributed by atoms with van der Waals surface area (Å²) in [4.78, 5) is 3.95. The van der Waals surface area contributed by atoms with Crippen LogP contribution in [0.25, 0.3) is 0 Å². The van der Waals surface area contributed by atoms with Gasteiger partial charge in [-0.05, 0) is 35.9 Å². The second-order valence-electron chi connectivity index (χ2n) is 3.96. The molecule has 18 heavy (non-hydrogen) atoms. The molecule has 0 fully saturated rings. The van der Waals surface area contributed by atoms with Crippen molar-refractivity contribution in [2.24, 2.45) is 0 Å². The number of rotatable bonds is 4. The molecule has 0 spiro atoms. The molecule has 0 aliphatic carbocycles. The van der Waals surface area contributed by atoms with E-state index in [9.17, 15) is 5.11 Å². The number of nitrogens with zero attached hydrogens (tertiary/aromatic N) is 1. The van der Waals surface area contributed by atoms with E-state index in [0.717, 1.165) is 5.56 Å². The number of hydrogen-bond acceptors (Lipinski definition) is 3. The van der Waals surface area contributed by atoms with Gasteiger partial charge >= 0.3 is 0 Å². The minimum Gasteiger partial charge on any atom is -0.496 e. The van der Waals surface area contributed by atoms with Crippen molar-refractivity contribution in [3.05, 3.63) is 58.9 Å². The highest BCUT2D eigenvalue weighted by molar-refractivity contribution is 6.30. The molecule has 4 heteroatoms. The molecule has 1 aromatic carbocycles. The lowest BCUT2D eigenvalue weighted by atomic mass is 10.0. The summed E-state index contributed by atoms with van der Waals surface area (Å²) in [5, 5.41) is 10.8. The molecule has 3 nitrogen and oxygen atoms in total. The highest BCUT2D eigenvalue weighted by Crippen LogP contribution is 2.30. The molecular weight excluding hydrogens is 250 g/mol. The predicted molar refractivity (Wildman–Crippen MR) is 70.9 cm³/mol. The van der Waals surface area contributed by atoms with E-state index in [1.165, 1.54) is 0 Å². The molecule has 0 aliphatic heterocycles. The number of aromatic nitrogens is 1. The second kappa shape index (κ2) is 5.85. The van der Waals surface area contributed by atoms with Crippen molar-refractivity contribution >= 4 is 11.6 Å². The lowest BCUT2D eigenvalue weighted by Crippen LogP contribution is -2.04. The second-order valence-corrected chi connectivity index (χ2v) is 4.40. The lowest BCUT2D eigenvalue weighted by molar-refractivity contribution is 0.174. The van der Waals surface area contributed by atoms with Gasteiger partial charge in [-0.25, -0.2) is 0 Å². The molecule has 0 amide bonds. The van der Waals surface area contributed by atoms with E-state index in [-0.39, 0.29) is 0 Å². The van der Waals surface area contributed by atoms with Crippen LogP contribution >= 0.6 is 11.6 Å². The number of hydrogen-bond donors (Lipinski definition) is 1. The number of benzene rings is 1. The molecule has 1 heterocycles. The Morgan fingerprint density at radius 2 is 2.00 bits per heavy atom. The molecular formula is C14H14ClNO2. The van der Waals surface area contributed by atoms with Gasteiger partial charge in [0.25, 0.3) is 0 Å². The number of halogens is 1. The SMILES string of the molecule is COc1ccc(Cl)cc1C(O)Cc1ccncc1. The van der Waals surface area contributed by atoms with Crippen LogP contribution < -0.4 is 4.74 Å². The normalized spacial score (nSPS) is 12.2. The first-order valence-corrected chi connectivity index (χ1v) is 5.99. The van der Waals surface area contributed by atoms with Crippen LogP contribution in [0.2, 0.25) is 5.02 Å². The first-order chi connectivity index (χ1) is 8.70. The van der Waals surface area contributed by atoms with E-state index in [2.05, 4.69) is 4.98 Å². The van der Waals surface area contributed by atoms with E-state index in [4.69, 9.17) is 16.3 Å². The summed E-state index contributed by atoms with van der Waals surface area (Å²) in [6.07, 6.45) is 3.26. The third kappa shape index (κ3) is 3.00. The van der Waals surface area contributed by atoms with Gasteiger partial charge in [0.1, 0.15) is 5.75 Å². The zero-order chi connectivity index (χ0) is 13.0. The van der Waals surface area contributed by atoms with E-state index >= 15 is 0 Å². The van der Waals surface area contributed by atoms with Gasteiger partial charge < -0.3 is 9.84 Å². The largest absolute Gasteiger partial charge is 0.496 e. The number of aliphatic hydroxyl groups excluding tert-OH is 1. The molecule has 2 rings (SSSR count). The zero-order valence-corrected chi connectivity index (χ0v) is 10.8. The maximum Gasteiger partial charge on any atom is 0.124 e. The molecule has 0 bridgehead atoms. The fourth-order valence-corrected chi connectivity index (χ4v) is 2.00. The van der Waals surface area contributed by atoms with Gasteiger partial charge in [-0.2, -0.15) is 0 Å². The first-order valence-electron chi connectivity index (χ1n) is 5.61. The van der Waals surface area contributed by atoms with Crippen LogP contribution in [0.15, 0.2) is 42.7 Å². The lowest BCUT2D eigenvalue weighted by Gasteiger charge is -2.15. The van der Waals surface area contributed by atoms with Crippen molar-refractivity contribution in [2.45, 2.75) is 12.5 Å². The molecule has 0 aliphatic rings. The quantitative estimate of drug-likeness (QED) is 0.922. The summed E-state index contributed by atoms with van der Waals surface area (Å²) in [5.74, 6) is 0.640. The van der Waals surface area contributed by atoms with Crippen molar-refractivity contribution in [1.82, 2.24) is 4.98 Å². The van der Waals surface area contributed by atoms with Crippen molar-refractivity contribution in [1.29, 1.82) is 0 Å². The standard InChI is InChI=1S/C14H14ClNO2/c1-18-14-3-2-11(15)9-12(14)13(17)8-10-4-6-16-7-5-10/h2-7,9,13,17H,8H2,1H3. The average molecular weight is 264 g/mol. The summed E-state index contributed by atoms with van der Waals surface area (Å²) >= 11 is 5.94. The Morgan fingerprint density at radius 3 is 2.67 bits per heavy atom. The topological polar surface area (TPSA) is 42.4 Å². The third-order valence-corrected chi connectivity index (χ3v) is 2.96. The smallest absolute Gasteiger partial charge is 0.124 e. The zero-order valence-electron chi connectivity index (χ0n) is 10.0. The molecule has 1 atom stereocenters. The Labute approximate surface area is 111 Å². The molecule has 0 saturated heterocycles. The fourth-order valence-electron chi connectivity index (χ4n) is 1.82. The Hall–Kier alpha value is -1.58. The highest BCUT2D eigenvalue weighted by atomic mass is 35.5. The van der Waals surface area contributed by atoms with Gasteiger partial charge in [-0.3, -0.25) is 4.98 Å². The molecule has 1 unspecified atom stereocenters. The van der Waals surface area contributed by atoms with Gasteiger partial charge in [-0.1, -0.05) is 11.6 Å². The Bertz CT molecular complexity index is 516. The molecule has 0 saturated carbocycles. The summed E-state index contributed by atoms with van der Waals surface area (Å²) in [7, 11) is 1.58. The van der Waals surface area contributed by atoms with Crippen LogP contribution in [0.1, 0.15) is 17.2 Å². The molecule has 0 radical (unpaired) electrons. The Balaban J connectivity index is 2.23. The molecule has 1 aromatic heterocycles. The molecule has 2 aromatic rings. The van der Waals surface area contributed by atoms with Crippen molar-refractivity contribution < 1.29 is 9.84 Å². The van der Waals surface area contributed by atoms with Crippen LogP contribution in [-0.2, 0) is 6.42 Å². The van der Waals surface area contributed by atoms with E-state index < -0.39 is 6.10 Å². The van der Waals surface area contributed by atoms with Crippen molar-refractivity contribution in [3.8, 4) is 5.75 Å². The van der Waals surface area contributed by atoms with Gasteiger partial charge in [0, 0.05) is 29.4 Å². The summed E-state index contributed by atoms with van der Waals surface area (Å²) in [6.45, 7) is 0. The number of aliphatic hydroxyl groups is 1. The van der Waals surface area contributed by atoms with E-state index in [1.807, 2.05) is 12.1 Å². The summed E-state index contributed by atoms with van der Waals surface area (Å²) in [6, 6.07) is 8.98. The van der Waals surface area contributed by atoms with Crippen molar-refractivity contribution in [3.63, 3.8) is 0 Å². The van der Waals surface area contributed by atoms with Gasteiger partial charge in [-0.15, -0.1) is 0 Å². The van der Waals surface area contributed by atoms with Gasteiger partial charge in [0.2, 0.25) is 0 Å². The maximum atomic E-state index is 10.3. The summed E-state index contributed by atoms with van der Waals surface area (Å²) in [5.41, 5.74) is 1.71. The van der Waals surface area contributed by atoms with Crippen LogP contribution in [0.3, 0.4) is 0 Å². The van der Waals surface area contributed by atoms with Crippen molar-refractivity contribution in [2.75, 3.05) is 7.11 Å². The van der Waals surface area contributed by atoms with Gasteiger partial charge in [0.15, 0.2) is 0 Å². The summed E-state index contributed by atoms with van der Waals surface area (Å²) < 4.78 is 5.23. The minimum absolute atomic E-state index is 0.499. The predicted octanol–water partition coefficient (Wildman–Crippen LogP) is 3.02. The monoisotopic (exact) mass is 263 g/mol. The van der Waals surface area contributed by atoms with Crippen LogP contribution in [0.4, 0.5) is 0 Å². The number of pyridine rings is 1.